The van der Waals surface area contributed by atoms with E-state index in [1.807, 2.05) is 12.1 Å². The van der Waals surface area contributed by atoms with Gasteiger partial charge in [-0.15, -0.1) is 0 Å². The number of benzene rings is 2. The molecule has 7 heteroatoms. The first kappa shape index (κ1) is 15.3. The number of nitrogens with one attached hydrogen (secondary N) is 1. The van der Waals surface area contributed by atoms with Crippen molar-refractivity contribution >= 4 is 54.8 Å². The van der Waals surface area contributed by atoms with E-state index >= 15 is 0 Å². The predicted molar refractivity (Wildman–Crippen MR) is 87.3 cm³/mol. The topological polar surface area (TPSA) is 55.2 Å². The second kappa shape index (κ2) is 6.56. The van der Waals surface area contributed by atoms with E-state index in [-0.39, 0.29) is 5.69 Å². The summed E-state index contributed by atoms with van der Waals surface area (Å²) in [6.07, 6.45) is 0. The Morgan fingerprint density at radius 1 is 1.25 bits per heavy atom. The molecule has 0 aliphatic rings. The summed E-state index contributed by atoms with van der Waals surface area (Å²) < 4.78 is 1.48. The van der Waals surface area contributed by atoms with Gasteiger partial charge in [-0.3, -0.25) is 10.1 Å². The lowest BCUT2D eigenvalue weighted by molar-refractivity contribution is -0.384. The van der Waals surface area contributed by atoms with Crippen molar-refractivity contribution in [3.8, 4) is 0 Å². The Hall–Kier alpha value is -1.11. The van der Waals surface area contributed by atoms with Crippen molar-refractivity contribution in [3.63, 3.8) is 0 Å². The van der Waals surface area contributed by atoms with Gasteiger partial charge in [0.25, 0.3) is 5.69 Å². The Kier molecular flexibility index (Phi) is 5.01. The van der Waals surface area contributed by atoms with E-state index in [4.69, 9.17) is 11.6 Å². The standard InChI is InChI=1S/C13H9Br2ClN2O2/c14-10-6-9(18(19)20)5-4-8(10)7-17-12-3-1-2-11(16)13(12)15/h1-6,17H,7H2. The summed E-state index contributed by atoms with van der Waals surface area (Å²) >= 11 is 12.8. The zero-order valence-electron chi connectivity index (χ0n) is 10.1. The van der Waals surface area contributed by atoms with Gasteiger partial charge in [-0.2, -0.15) is 0 Å². The molecule has 2 aromatic rings. The van der Waals surface area contributed by atoms with E-state index in [1.54, 1.807) is 12.1 Å². The number of rotatable bonds is 4. The summed E-state index contributed by atoms with van der Waals surface area (Å²) in [7, 11) is 0. The summed E-state index contributed by atoms with van der Waals surface area (Å²) in [5, 5.41) is 14.5. The fourth-order valence-electron chi connectivity index (χ4n) is 1.62. The van der Waals surface area contributed by atoms with Gasteiger partial charge in [-0.25, -0.2) is 0 Å². The zero-order chi connectivity index (χ0) is 14.7. The largest absolute Gasteiger partial charge is 0.380 e. The first-order valence-corrected chi connectivity index (χ1v) is 7.56. The van der Waals surface area contributed by atoms with Crippen LogP contribution in [0.3, 0.4) is 0 Å². The third-order valence-corrected chi connectivity index (χ3v) is 4.80. The molecule has 2 aromatic carbocycles. The van der Waals surface area contributed by atoms with Gasteiger partial charge in [0.2, 0.25) is 0 Å². The van der Waals surface area contributed by atoms with Gasteiger partial charge >= 0.3 is 0 Å². The summed E-state index contributed by atoms with van der Waals surface area (Å²) in [5.41, 5.74) is 1.84. The lowest BCUT2D eigenvalue weighted by Gasteiger charge is -2.10. The number of nitro groups is 1. The van der Waals surface area contributed by atoms with Crippen LogP contribution in [0.25, 0.3) is 0 Å². The van der Waals surface area contributed by atoms with E-state index in [0.29, 0.717) is 16.0 Å². The molecule has 0 spiro atoms. The van der Waals surface area contributed by atoms with Gasteiger partial charge in [0.05, 0.1) is 20.1 Å². The summed E-state index contributed by atoms with van der Waals surface area (Å²) in [4.78, 5) is 10.3. The summed E-state index contributed by atoms with van der Waals surface area (Å²) in [6, 6.07) is 10.2. The molecular formula is C13H9Br2ClN2O2. The van der Waals surface area contributed by atoms with E-state index in [2.05, 4.69) is 37.2 Å². The molecule has 0 fully saturated rings. The van der Waals surface area contributed by atoms with Crippen molar-refractivity contribution in [2.45, 2.75) is 6.54 Å². The second-order valence-corrected chi connectivity index (χ2v) is 6.04. The number of halogens is 3. The molecule has 4 nitrogen and oxygen atoms in total. The molecule has 0 amide bonds. The SMILES string of the molecule is O=[N+]([O-])c1ccc(CNc2cccc(Cl)c2Br)c(Br)c1. The van der Waals surface area contributed by atoms with Crippen LogP contribution >= 0.6 is 43.5 Å². The van der Waals surface area contributed by atoms with Crippen molar-refractivity contribution < 1.29 is 4.92 Å². The molecule has 2 rings (SSSR count). The fraction of sp³-hybridized carbons (Fsp3) is 0.0769. The summed E-state index contributed by atoms with van der Waals surface area (Å²) in [6.45, 7) is 0.525. The number of nitro benzene ring substituents is 1. The van der Waals surface area contributed by atoms with Gasteiger partial charge in [-0.05, 0) is 39.7 Å². The first-order valence-electron chi connectivity index (χ1n) is 5.59. The van der Waals surface area contributed by atoms with E-state index in [0.717, 1.165) is 15.7 Å². The molecular weight excluding hydrogens is 411 g/mol. The minimum atomic E-state index is -0.421. The van der Waals surface area contributed by atoms with Crippen LogP contribution in [0.15, 0.2) is 45.3 Å². The van der Waals surface area contributed by atoms with Crippen molar-refractivity contribution in [1.82, 2.24) is 0 Å². The predicted octanol–water partition coefficient (Wildman–Crippen LogP) is 5.39. The highest BCUT2D eigenvalue weighted by atomic mass is 79.9. The number of hydrogen-bond donors (Lipinski definition) is 1. The van der Waals surface area contributed by atoms with Gasteiger partial charge in [-0.1, -0.05) is 33.6 Å². The number of non-ortho nitro benzene ring substituents is 1. The molecule has 0 aliphatic heterocycles. The van der Waals surface area contributed by atoms with Crippen LogP contribution in [-0.2, 0) is 6.54 Å². The van der Waals surface area contributed by atoms with Crippen molar-refractivity contribution in [1.29, 1.82) is 0 Å². The van der Waals surface area contributed by atoms with Gasteiger partial charge in [0.1, 0.15) is 0 Å². The molecule has 104 valence electrons. The van der Waals surface area contributed by atoms with Gasteiger partial charge in [0, 0.05) is 23.2 Å². The third-order valence-electron chi connectivity index (χ3n) is 2.67. The highest BCUT2D eigenvalue weighted by Crippen LogP contribution is 2.31. The minimum Gasteiger partial charge on any atom is -0.380 e. The average Bonchev–Trinajstić information content (AvgIpc) is 2.41. The lowest BCUT2D eigenvalue weighted by Crippen LogP contribution is -2.01. The normalized spacial score (nSPS) is 10.3. The molecule has 0 unspecified atom stereocenters. The fourth-order valence-corrected chi connectivity index (χ4v) is 2.71. The van der Waals surface area contributed by atoms with Crippen molar-refractivity contribution in [2.75, 3.05) is 5.32 Å². The maximum atomic E-state index is 10.7. The molecule has 1 N–H and O–H groups in total. The minimum absolute atomic E-state index is 0.0598. The van der Waals surface area contributed by atoms with Crippen LogP contribution in [0.5, 0.6) is 0 Å². The highest BCUT2D eigenvalue weighted by Gasteiger charge is 2.09. The lowest BCUT2D eigenvalue weighted by atomic mass is 10.2. The monoisotopic (exact) mass is 418 g/mol. The molecule has 0 heterocycles. The molecule has 0 saturated carbocycles. The molecule has 0 aliphatic carbocycles. The average molecular weight is 420 g/mol. The van der Waals surface area contributed by atoms with Gasteiger partial charge < -0.3 is 5.32 Å². The Balaban J connectivity index is 2.15. The molecule has 0 radical (unpaired) electrons. The van der Waals surface area contributed by atoms with Gasteiger partial charge in [0.15, 0.2) is 0 Å². The third kappa shape index (κ3) is 3.50. The van der Waals surface area contributed by atoms with E-state index in [9.17, 15) is 10.1 Å². The Morgan fingerprint density at radius 2 is 2.00 bits per heavy atom. The molecule has 0 aromatic heterocycles. The number of anilines is 1. The quantitative estimate of drug-likeness (QED) is 0.533. The Morgan fingerprint density at radius 3 is 2.65 bits per heavy atom. The Labute approximate surface area is 137 Å². The van der Waals surface area contributed by atoms with Crippen LogP contribution in [0.1, 0.15) is 5.56 Å². The van der Waals surface area contributed by atoms with Crippen LogP contribution in [-0.4, -0.2) is 4.92 Å². The number of nitrogens with zero attached hydrogens (tertiary/aromatic N) is 1. The first-order chi connectivity index (χ1) is 9.49. The van der Waals surface area contributed by atoms with E-state index < -0.39 is 4.92 Å². The maximum absolute atomic E-state index is 10.7. The smallest absolute Gasteiger partial charge is 0.270 e. The zero-order valence-corrected chi connectivity index (χ0v) is 14.0. The van der Waals surface area contributed by atoms with Crippen LogP contribution in [0, 0.1) is 10.1 Å². The molecule has 0 atom stereocenters. The summed E-state index contributed by atoms with van der Waals surface area (Å²) in [5.74, 6) is 0. The highest BCUT2D eigenvalue weighted by molar-refractivity contribution is 9.11. The maximum Gasteiger partial charge on any atom is 0.270 e. The number of hydrogen-bond acceptors (Lipinski definition) is 3. The van der Waals surface area contributed by atoms with Crippen LogP contribution in [0.2, 0.25) is 5.02 Å². The molecule has 20 heavy (non-hydrogen) atoms. The van der Waals surface area contributed by atoms with Crippen LogP contribution in [0.4, 0.5) is 11.4 Å². The van der Waals surface area contributed by atoms with E-state index in [1.165, 1.54) is 12.1 Å². The van der Waals surface area contributed by atoms with Crippen LogP contribution < -0.4 is 5.32 Å². The second-order valence-electron chi connectivity index (χ2n) is 3.99. The molecule has 0 saturated heterocycles. The molecule has 0 bridgehead atoms. The van der Waals surface area contributed by atoms with Crippen molar-refractivity contribution in [2.24, 2.45) is 0 Å². The Bertz CT molecular complexity index is 665. The van der Waals surface area contributed by atoms with Crippen molar-refractivity contribution in [3.05, 3.63) is 66.0 Å².